The summed E-state index contributed by atoms with van der Waals surface area (Å²) in [5.74, 6) is -0.317. The second-order valence-electron chi connectivity index (χ2n) is 7.14. The Morgan fingerprint density at radius 1 is 1.11 bits per heavy atom. The van der Waals surface area contributed by atoms with Crippen LogP contribution >= 0.6 is 0 Å². The Kier molecular flexibility index (Phi) is 7.24. The van der Waals surface area contributed by atoms with Gasteiger partial charge < -0.3 is 5.32 Å². The van der Waals surface area contributed by atoms with Crippen LogP contribution in [-0.2, 0) is 21.2 Å². The molecule has 0 unspecified atom stereocenters. The van der Waals surface area contributed by atoms with Crippen molar-refractivity contribution in [3.05, 3.63) is 64.7 Å². The van der Waals surface area contributed by atoms with Gasteiger partial charge in [0.1, 0.15) is 6.54 Å². The summed E-state index contributed by atoms with van der Waals surface area (Å²) in [5, 5.41) is 3.01. The number of nitrogens with one attached hydrogen (secondary N) is 1. The third-order valence-electron chi connectivity index (χ3n) is 4.87. The quantitative estimate of drug-likeness (QED) is 0.728. The van der Waals surface area contributed by atoms with Crippen LogP contribution in [0, 0.1) is 13.8 Å². The monoisotopic (exact) mass is 402 g/mol. The molecular weight excluding hydrogens is 372 g/mol. The van der Waals surface area contributed by atoms with Crippen LogP contribution in [0.15, 0.2) is 42.5 Å². The highest BCUT2D eigenvalue weighted by Crippen LogP contribution is 2.24. The molecule has 0 spiro atoms. The van der Waals surface area contributed by atoms with Crippen molar-refractivity contribution in [1.29, 1.82) is 0 Å². The van der Waals surface area contributed by atoms with Crippen LogP contribution in [0.1, 0.15) is 48.6 Å². The van der Waals surface area contributed by atoms with E-state index in [0.717, 1.165) is 29.4 Å². The first-order valence-corrected chi connectivity index (χ1v) is 11.4. The average Bonchev–Trinajstić information content (AvgIpc) is 2.63. The molecule has 0 radical (unpaired) electrons. The van der Waals surface area contributed by atoms with Crippen LogP contribution in [0.25, 0.3) is 0 Å². The molecule has 0 saturated heterocycles. The minimum Gasteiger partial charge on any atom is -0.348 e. The van der Waals surface area contributed by atoms with E-state index in [1.165, 1.54) is 9.87 Å². The molecular formula is C22H30N2O3S. The van der Waals surface area contributed by atoms with E-state index in [9.17, 15) is 13.2 Å². The summed E-state index contributed by atoms with van der Waals surface area (Å²) in [4.78, 5) is 12.8. The predicted molar refractivity (Wildman–Crippen MR) is 115 cm³/mol. The van der Waals surface area contributed by atoms with Crippen LogP contribution in [-0.4, -0.2) is 27.1 Å². The van der Waals surface area contributed by atoms with Gasteiger partial charge in [0, 0.05) is 0 Å². The van der Waals surface area contributed by atoms with E-state index >= 15 is 0 Å². The molecule has 5 nitrogen and oxygen atoms in total. The fourth-order valence-corrected chi connectivity index (χ4v) is 4.31. The maximum atomic E-state index is 12.8. The van der Waals surface area contributed by atoms with Crippen molar-refractivity contribution in [2.45, 2.75) is 46.6 Å². The zero-order valence-electron chi connectivity index (χ0n) is 17.3. The second kappa shape index (κ2) is 9.24. The van der Waals surface area contributed by atoms with Crippen LogP contribution in [0.4, 0.5) is 5.69 Å². The standard InChI is InChI=1S/C22H30N2O3S/c1-6-18-10-8-9-11-21(18)24(28(5,26)27)15-22(25)23-20(7-2)19-13-12-16(3)14-17(19)4/h8-14,20H,6-7,15H2,1-5H3,(H,23,25)/t20-/m0/s1. The predicted octanol–water partition coefficient (Wildman–Crippen LogP) is 3.90. The van der Waals surface area contributed by atoms with Gasteiger partial charge in [-0.1, -0.05) is 55.8 Å². The Labute approximate surface area is 168 Å². The van der Waals surface area contributed by atoms with Crippen LogP contribution in [0.3, 0.4) is 0 Å². The summed E-state index contributed by atoms with van der Waals surface area (Å²) in [6.45, 7) is 7.79. The number of sulfonamides is 1. The lowest BCUT2D eigenvalue weighted by molar-refractivity contribution is -0.120. The highest BCUT2D eigenvalue weighted by molar-refractivity contribution is 7.92. The zero-order chi connectivity index (χ0) is 20.9. The third-order valence-corrected chi connectivity index (χ3v) is 6.00. The molecule has 0 aliphatic carbocycles. The molecule has 2 aromatic rings. The molecule has 28 heavy (non-hydrogen) atoms. The number of hydrogen-bond acceptors (Lipinski definition) is 3. The number of carbonyl (C=O) groups excluding carboxylic acids is 1. The fourth-order valence-electron chi connectivity index (χ4n) is 3.42. The molecule has 0 aromatic heterocycles. The van der Waals surface area contributed by atoms with E-state index in [2.05, 4.69) is 11.4 Å². The molecule has 0 aliphatic heterocycles. The lowest BCUT2D eigenvalue weighted by Gasteiger charge is -2.26. The molecule has 0 heterocycles. The smallest absolute Gasteiger partial charge is 0.241 e. The van der Waals surface area contributed by atoms with Gasteiger partial charge in [0.25, 0.3) is 0 Å². The number of anilines is 1. The summed E-state index contributed by atoms with van der Waals surface area (Å²) >= 11 is 0. The first-order chi connectivity index (χ1) is 13.2. The zero-order valence-corrected chi connectivity index (χ0v) is 18.1. The number of carbonyl (C=O) groups is 1. The van der Waals surface area contributed by atoms with Gasteiger partial charge >= 0.3 is 0 Å². The first-order valence-electron chi connectivity index (χ1n) is 9.59. The van der Waals surface area contributed by atoms with Gasteiger partial charge in [-0.25, -0.2) is 8.42 Å². The molecule has 1 atom stereocenters. The van der Waals surface area contributed by atoms with Crippen LogP contribution < -0.4 is 9.62 Å². The molecule has 0 saturated carbocycles. The summed E-state index contributed by atoms with van der Waals surface area (Å²) in [6, 6.07) is 13.3. The normalized spacial score (nSPS) is 12.5. The largest absolute Gasteiger partial charge is 0.348 e. The molecule has 0 fully saturated rings. The van der Waals surface area contributed by atoms with E-state index < -0.39 is 10.0 Å². The van der Waals surface area contributed by atoms with Crippen molar-refractivity contribution >= 4 is 21.6 Å². The highest BCUT2D eigenvalue weighted by Gasteiger charge is 2.24. The van der Waals surface area contributed by atoms with Gasteiger partial charge in [0.05, 0.1) is 18.0 Å². The molecule has 2 rings (SSSR count). The minimum absolute atomic E-state index is 0.157. The van der Waals surface area contributed by atoms with E-state index in [0.29, 0.717) is 12.1 Å². The minimum atomic E-state index is -3.59. The molecule has 0 bridgehead atoms. The SMILES string of the molecule is CCc1ccccc1N(CC(=O)N[C@@H](CC)c1ccc(C)cc1C)S(C)(=O)=O. The molecule has 0 aliphatic rings. The number of benzene rings is 2. The van der Waals surface area contributed by atoms with E-state index in [-0.39, 0.29) is 18.5 Å². The number of hydrogen-bond donors (Lipinski definition) is 1. The van der Waals surface area contributed by atoms with Crippen LogP contribution in [0.2, 0.25) is 0 Å². The number of amides is 1. The molecule has 6 heteroatoms. The number of para-hydroxylation sites is 1. The van der Waals surface area contributed by atoms with Crippen LogP contribution in [0.5, 0.6) is 0 Å². The summed E-state index contributed by atoms with van der Waals surface area (Å²) < 4.78 is 26.0. The molecule has 1 amide bonds. The Morgan fingerprint density at radius 2 is 1.79 bits per heavy atom. The average molecular weight is 403 g/mol. The number of aryl methyl sites for hydroxylation is 3. The van der Waals surface area contributed by atoms with Gasteiger partial charge in [-0.05, 0) is 49.4 Å². The Balaban J connectivity index is 2.26. The molecule has 1 N–H and O–H groups in total. The summed E-state index contributed by atoms with van der Waals surface area (Å²) in [6.07, 6.45) is 2.54. The Bertz CT molecular complexity index is 939. The van der Waals surface area contributed by atoms with Gasteiger partial charge in [-0.15, -0.1) is 0 Å². The summed E-state index contributed by atoms with van der Waals surface area (Å²) in [5.41, 5.74) is 4.79. The Hall–Kier alpha value is -2.34. The van der Waals surface area contributed by atoms with Gasteiger partial charge in [0.15, 0.2) is 0 Å². The maximum absolute atomic E-state index is 12.8. The highest BCUT2D eigenvalue weighted by atomic mass is 32.2. The molecule has 2 aromatic carbocycles. The number of nitrogens with zero attached hydrogens (tertiary/aromatic N) is 1. The van der Waals surface area contributed by atoms with Crippen molar-refractivity contribution in [2.24, 2.45) is 0 Å². The Morgan fingerprint density at radius 3 is 2.36 bits per heavy atom. The van der Waals surface area contributed by atoms with E-state index in [1.807, 2.05) is 52.0 Å². The first kappa shape index (κ1) is 22.0. The van der Waals surface area contributed by atoms with Crippen molar-refractivity contribution < 1.29 is 13.2 Å². The fraction of sp³-hybridized carbons (Fsp3) is 0.409. The van der Waals surface area contributed by atoms with Gasteiger partial charge in [-0.2, -0.15) is 0 Å². The van der Waals surface area contributed by atoms with Crippen molar-refractivity contribution in [3.63, 3.8) is 0 Å². The lowest BCUT2D eigenvalue weighted by atomic mass is 9.97. The maximum Gasteiger partial charge on any atom is 0.241 e. The van der Waals surface area contributed by atoms with Gasteiger partial charge in [0.2, 0.25) is 15.9 Å². The third kappa shape index (κ3) is 5.35. The van der Waals surface area contributed by atoms with Crippen molar-refractivity contribution in [3.8, 4) is 0 Å². The van der Waals surface area contributed by atoms with Gasteiger partial charge in [-0.3, -0.25) is 9.10 Å². The number of rotatable bonds is 8. The molecule has 152 valence electrons. The van der Waals surface area contributed by atoms with Crippen molar-refractivity contribution in [1.82, 2.24) is 5.32 Å². The topological polar surface area (TPSA) is 66.5 Å². The van der Waals surface area contributed by atoms with E-state index in [4.69, 9.17) is 0 Å². The van der Waals surface area contributed by atoms with E-state index in [1.54, 1.807) is 12.1 Å². The lowest BCUT2D eigenvalue weighted by Crippen LogP contribution is -2.42. The van der Waals surface area contributed by atoms with Crippen molar-refractivity contribution in [2.75, 3.05) is 17.1 Å². The second-order valence-corrected chi connectivity index (χ2v) is 9.05. The summed E-state index contributed by atoms with van der Waals surface area (Å²) in [7, 11) is -3.59.